The topological polar surface area (TPSA) is 69.8 Å². The van der Waals surface area contributed by atoms with E-state index in [1.165, 1.54) is 0 Å². The molecule has 0 amide bonds. The van der Waals surface area contributed by atoms with Crippen molar-refractivity contribution in [1.29, 1.82) is 0 Å². The van der Waals surface area contributed by atoms with Crippen LogP contribution in [-0.4, -0.2) is 53.2 Å². The third kappa shape index (κ3) is 4.24. The summed E-state index contributed by atoms with van der Waals surface area (Å²) in [7, 11) is 0. The van der Waals surface area contributed by atoms with Gasteiger partial charge in [-0.05, 0) is 44.4 Å². The highest BCUT2D eigenvalue weighted by Crippen LogP contribution is 2.28. The lowest BCUT2D eigenvalue weighted by molar-refractivity contribution is -0.144. The molecule has 2 saturated heterocycles. The number of likely N-dealkylation sites (tertiary alicyclic amines) is 1. The maximum absolute atomic E-state index is 11.2. The molecule has 2 aromatic rings. The number of rotatable bonds is 3. The minimum Gasteiger partial charge on any atom is -0.481 e. The van der Waals surface area contributed by atoms with E-state index >= 15 is 0 Å². The summed E-state index contributed by atoms with van der Waals surface area (Å²) in [6.45, 7) is 3.54. The second kappa shape index (κ2) is 8.93. The minimum absolute atomic E-state index is 0. The largest absolute Gasteiger partial charge is 0.481 e. The number of carboxylic acids is 1. The number of para-hydroxylation sites is 2. The average Bonchev–Trinajstić information content (AvgIpc) is 3.06. The van der Waals surface area contributed by atoms with Gasteiger partial charge < -0.3 is 14.4 Å². The Hall–Kier alpha value is -1.50. The molecule has 26 heavy (non-hydrogen) atoms. The molecule has 0 bridgehead atoms. The lowest BCUT2D eigenvalue weighted by atomic mass is 9.94. The number of carboxylic acid groups (broad SMARTS) is 1. The van der Waals surface area contributed by atoms with Gasteiger partial charge in [-0.1, -0.05) is 12.1 Å². The minimum atomic E-state index is -0.649. The zero-order chi connectivity index (χ0) is 16.5. The third-order valence-electron chi connectivity index (χ3n) is 5.34. The number of anilines is 1. The maximum atomic E-state index is 11.2. The van der Waals surface area contributed by atoms with Crippen LogP contribution in [0.2, 0.25) is 0 Å². The van der Waals surface area contributed by atoms with E-state index in [9.17, 15) is 9.90 Å². The number of hydrogen-bond donors (Lipinski definition) is 1. The zero-order valence-corrected chi connectivity index (χ0v) is 16.2. The molecule has 0 aliphatic carbocycles. The molecule has 0 radical (unpaired) electrons. The molecule has 3 heterocycles. The van der Waals surface area contributed by atoms with E-state index in [2.05, 4.69) is 14.8 Å². The van der Waals surface area contributed by atoms with Crippen LogP contribution in [0, 0.1) is 5.92 Å². The Morgan fingerprint density at radius 1 is 1.12 bits per heavy atom. The van der Waals surface area contributed by atoms with Crippen LogP contribution in [0.3, 0.4) is 0 Å². The second-order valence-electron chi connectivity index (χ2n) is 6.85. The van der Waals surface area contributed by atoms with Gasteiger partial charge in [0, 0.05) is 25.7 Å². The Kier molecular flexibility index (Phi) is 7.15. The van der Waals surface area contributed by atoms with E-state index in [4.69, 9.17) is 4.42 Å². The van der Waals surface area contributed by atoms with Gasteiger partial charge in [0.2, 0.25) is 0 Å². The molecule has 144 valence electrons. The van der Waals surface area contributed by atoms with Gasteiger partial charge in [0.15, 0.2) is 5.58 Å². The summed E-state index contributed by atoms with van der Waals surface area (Å²) in [6, 6.07) is 9.02. The fraction of sp³-hybridized carbons (Fsp3) is 0.556. The summed E-state index contributed by atoms with van der Waals surface area (Å²) >= 11 is 0. The summed E-state index contributed by atoms with van der Waals surface area (Å²) in [6.07, 6.45) is 3.87. The van der Waals surface area contributed by atoms with Gasteiger partial charge in [0.25, 0.3) is 6.01 Å². The van der Waals surface area contributed by atoms with E-state index in [0.29, 0.717) is 18.6 Å². The summed E-state index contributed by atoms with van der Waals surface area (Å²) in [5.74, 6) is -0.850. The van der Waals surface area contributed by atoms with Gasteiger partial charge in [-0.3, -0.25) is 9.69 Å². The van der Waals surface area contributed by atoms with E-state index in [-0.39, 0.29) is 30.7 Å². The van der Waals surface area contributed by atoms with Crippen molar-refractivity contribution in [3.8, 4) is 0 Å². The molecule has 1 aromatic heterocycles. The van der Waals surface area contributed by atoms with Crippen molar-refractivity contribution in [2.24, 2.45) is 5.92 Å². The number of nitrogens with zero attached hydrogens (tertiary/aromatic N) is 3. The molecule has 1 N–H and O–H groups in total. The van der Waals surface area contributed by atoms with E-state index in [0.717, 1.165) is 56.4 Å². The van der Waals surface area contributed by atoms with Crippen molar-refractivity contribution >= 4 is 47.9 Å². The second-order valence-corrected chi connectivity index (χ2v) is 6.85. The van der Waals surface area contributed by atoms with E-state index < -0.39 is 5.97 Å². The van der Waals surface area contributed by atoms with Crippen molar-refractivity contribution in [1.82, 2.24) is 9.88 Å². The fourth-order valence-corrected chi connectivity index (χ4v) is 3.96. The molecule has 0 spiro atoms. The van der Waals surface area contributed by atoms with Crippen LogP contribution in [0.15, 0.2) is 28.7 Å². The third-order valence-corrected chi connectivity index (χ3v) is 5.34. The van der Waals surface area contributed by atoms with Gasteiger partial charge in [0.1, 0.15) is 5.52 Å². The number of oxazole rings is 1. The number of piperidine rings is 2. The van der Waals surface area contributed by atoms with Crippen LogP contribution < -0.4 is 4.90 Å². The smallest absolute Gasteiger partial charge is 0.307 e. The molecule has 4 rings (SSSR count). The fourth-order valence-electron chi connectivity index (χ4n) is 3.96. The highest BCUT2D eigenvalue weighted by atomic mass is 35.5. The molecule has 8 heteroatoms. The predicted molar refractivity (Wildman–Crippen MR) is 106 cm³/mol. The first-order chi connectivity index (χ1) is 11.7. The molecular formula is C18H25Cl2N3O3. The van der Waals surface area contributed by atoms with Crippen LogP contribution in [0.5, 0.6) is 0 Å². The molecule has 1 unspecified atom stereocenters. The summed E-state index contributed by atoms with van der Waals surface area (Å²) in [5.41, 5.74) is 1.73. The van der Waals surface area contributed by atoms with Gasteiger partial charge in [0.05, 0.1) is 5.92 Å². The SMILES string of the molecule is Cl.Cl.O=C(O)C1CCCN(C2CCN(c3nc4ccccc4o3)CC2)C1. The standard InChI is InChI=1S/C18H23N3O3.2ClH/c22-17(23)13-4-3-9-21(12-13)14-7-10-20(11-8-14)18-19-15-5-1-2-6-16(15)24-18;;/h1-2,5-6,13-14H,3-4,7-12H2,(H,22,23);2*1H. The molecule has 0 saturated carbocycles. The molecule has 2 fully saturated rings. The Morgan fingerprint density at radius 3 is 2.54 bits per heavy atom. The summed E-state index contributed by atoms with van der Waals surface area (Å²) in [4.78, 5) is 20.4. The van der Waals surface area contributed by atoms with Crippen LogP contribution in [0.1, 0.15) is 25.7 Å². The highest BCUT2D eigenvalue weighted by molar-refractivity contribution is 5.85. The van der Waals surface area contributed by atoms with Crippen molar-refractivity contribution in [3.63, 3.8) is 0 Å². The van der Waals surface area contributed by atoms with Gasteiger partial charge in [-0.2, -0.15) is 4.98 Å². The number of benzene rings is 1. The number of carbonyl (C=O) groups is 1. The first-order valence-electron chi connectivity index (χ1n) is 8.78. The van der Waals surface area contributed by atoms with Crippen LogP contribution >= 0.6 is 24.8 Å². The Balaban J connectivity index is 0.00000121. The Bertz CT molecular complexity index is 698. The van der Waals surface area contributed by atoms with Crippen LogP contribution in [0.25, 0.3) is 11.1 Å². The molecule has 2 aliphatic rings. The van der Waals surface area contributed by atoms with E-state index in [1.807, 2.05) is 24.3 Å². The zero-order valence-electron chi connectivity index (χ0n) is 14.5. The Morgan fingerprint density at radius 2 is 1.85 bits per heavy atom. The predicted octanol–water partition coefficient (Wildman–Crippen LogP) is 3.44. The van der Waals surface area contributed by atoms with Gasteiger partial charge in [-0.25, -0.2) is 0 Å². The first kappa shape index (κ1) is 20.8. The lowest BCUT2D eigenvalue weighted by Gasteiger charge is -2.41. The summed E-state index contributed by atoms with van der Waals surface area (Å²) < 4.78 is 5.86. The number of fused-ring (bicyclic) bond motifs is 1. The normalized spacial score (nSPS) is 21.8. The summed E-state index contributed by atoms with van der Waals surface area (Å²) in [5, 5.41) is 9.26. The van der Waals surface area contributed by atoms with Crippen LogP contribution in [0.4, 0.5) is 6.01 Å². The molecule has 1 atom stereocenters. The van der Waals surface area contributed by atoms with Crippen molar-refractivity contribution in [3.05, 3.63) is 24.3 Å². The number of hydrogen-bond acceptors (Lipinski definition) is 5. The maximum Gasteiger partial charge on any atom is 0.307 e. The average molecular weight is 402 g/mol. The molecule has 6 nitrogen and oxygen atoms in total. The van der Waals surface area contributed by atoms with Crippen molar-refractivity contribution in [2.45, 2.75) is 31.7 Å². The van der Waals surface area contributed by atoms with Gasteiger partial charge in [-0.15, -0.1) is 24.8 Å². The number of aliphatic carboxylic acids is 1. The van der Waals surface area contributed by atoms with Gasteiger partial charge >= 0.3 is 5.97 Å². The van der Waals surface area contributed by atoms with Crippen molar-refractivity contribution < 1.29 is 14.3 Å². The number of halogens is 2. The number of aromatic nitrogens is 1. The molecular weight excluding hydrogens is 377 g/mol. The molecule has 2 aliphatic heterocycles. The monoisotopic (exact) mass is 401 g/mol. The Labute approximate surface area is 165 Å². The quantitative estimate of drug-likeness (QED) is 0.849. The van der Waals surface area contributed by atoms with Crippen LogP contribution in [-0.2, 0) is 4.79 Å². The first-order valence-corrected chi connectivity index (χ1v) is 8.78. The highest BCUT2D eigenvalue weighted by Gasteiger charge is 2.32. The molecule has 1 aromatic carbocycles. The van der Waals surface area contributed by atoms with Crippen molar-refractivity contribution in [2.75, 3.05) is 31.1 Å². The van der Waals surface area contributed by atoms with E-state index in [1.54, 1.807) is 0 Å². The lowest BCUT2D eigenvalue weighted by Crippen LogP contribution is -2.49.